The molecule has 0 fully saturated rings. The van der Waals surface area contributed by atoms with Crippen molar-refractivity contribution in [3.8, 4) is 6.07 Å². The molecule has 0 aliphatic heterocycles. The summed E-state index contributed by atoms with van der Waals surface area (Å²) in [7, 11) is 0. The van der Waals surface area contributed by atoms with Crippen LogP contribution in [0.25, 0.3) is 0 Å². The first-order valence-electron chi connectivity index (χ1n) is 6.85. The quantitative estimate of drug-likeness (QED) is 0.351. The monoisotopic (exact) mass is 515 g/mol. The molecule has 1 aromatic rings. The zero-order valence-electron chi connectivity index (χ0n) is 13.3. The van der Waals surface area contributed by atoms with Crippen LogP contribution in [0.5, 0.6) is 0 Å². The minimum atomic E-state index is -7.88. The van der Waals surface area contributed by atoms with Crippen molar-refractivity contribution in [2.45, 2.75) is 40.0 Å². The number of nitriles is 1. The third-order valence-corrected chi connectivity index (χ3v) is 5.71. The summed E-state index contributed by atoms with van der Waals surface area (Å²) in [6, 6.07) is 5.54. The van der Waals surface area contributed by atoms with E-state index in [0.717, 1.165) is 24.3 Å². The van der Waals surface area contributed by atoms with Crippen molar-refractivity contribution in [3.63, 3.8) is 0 Å². The normalized spacial score (nSPS) is 14.6. The van der Waals surface area contributed by atoms with Crippen LogP contribution in [0, 0.1) is 11.3 Å². The molecule has 164 valence electrons. The molecule has 1 nitrogen and oxygen atoms in total. The van der Waals surface area contributed by atoms with Gasteiger partial charge in [0.25, 0.3) is 0 Å². The number of nitrogens with zero attached hydrogens (tertiary/aromatic N) is 1. The van der Waals surface area contributed by atoms with Gasteiger partial charge in [0.05, 0.1) is 0 Å². The van der Waals surface area contributed by atoms with E-state index in [4.69, 9.17) is 5.26 Å². The Morgan fingerprint density at radius 1 is 0.655 bits per heavy atom. The zero-order valence-corrected chi connectivity index (χ0v) is 15.0. The van der Waals surface area contributed by atoms with E-state index in [1.807, 2.05) is 0 Å². The summed E-state index contributed by atoms with van der Waals surface area (Å²) in [5, 5.41) is 7.41. The summed E-state index contributed by atoms with van der Waals surface area (Å²) in [5.41, 5.74) is -0.228. The summed E-state index contributed by atoms with van der Waals surface area (Å²) < 4.78 is 168. The molecule has 0 bridgehead atoms. The van der Waals surface area contributed by atoms with Gasteiger partial charge in [-0.25, -0.2) is 0 Å². The molecule has 0 unspecified atom stereocenters. The Balaban J connectivity index is 3.22. The molecular weight excluding hydrogens is 508 g/mol. The maximum atomic E-state index is 13.6. The Morgan fingerprint density at radius 3 is 1.45 bits per heavy atom. The molecule has 1 rings (SSSR count). The molecule has 0 N–H and O–H groups in total. The van der Waals surface area contributed by atoms with Crippen molar-refractivity contribution in [1.29, 1.82) is 5.26 Å². The van der Waals surface area contributed by atoms with Gasteiger partial charge >= 0.3 is 159 Å². The number of alkyl halides is 13. The number of halogens is 13. The minimum absolute atomic E-state index is 0.00102. The Labute approximate surface area is 159 Å². The molecule has 0 saturated heterocycles. The molecule has 0 saturated carbocycles. The fourth-order valence-corrected chi connectivity index (χ4v) is 3.48. The summed E-state index contributed by atoms with van der Waals surface area (Å²) in [4.78, 5) is -6.04. The molecule has 0 aliphatic rings. The second-order valence-corrected chi connectivity index (χ2v) is 7.70. The topological polar surface area (TPSA) is 23.8 Å². The van der Waals surface area contributed by atoms with Gasteiger partial charge in [-0.05, 0) is 0 Å². The summed E-state index contributed by atoms with van der Waals surface area (Å²) in [6.45, 7) is 0. The predicted molar refractivity (Wildman–Crippen MR) is 71.4 cm³/mol. The second-order valence-electron chi connectivity index (χ2n) is 5.41. The molecule has 0 spiro atoms. The van der Waals surface area contributed by atoms with E-state index < -0.39 is 55.0 Å². The van der Waals surface area contributed by atoms with E-state index in [-0.39, 0.29) is 11.1 Å². The van der Waals surface area contributed by atoms with Gasteiger partial charge in [-0.3, -0.25) is 0 Å². The van der Waals surface area contributed by atoms with E-state index in [9.17, 15) is 57.1 Å². The van der Waals surface area contributed by atoms with Crippen LogP contribution in [0.2, 0.25) is 0 Å². The Kier molecular flexibility index (Phi) is 6.59. The fourth-order valence-electron chi connectivity index (χ4n) is 1.70. The molecular formula is C14H6F13NSe. The van der Waals surface area contributed by atoms with Crippen molar-refractivity contribution in [3.05, 3.63) is 35.4 Å². The standard InChI is InChI=1S/C14H6F13NSe/c15-9(16,11(19,20)13(23,24)25)10(17,18)12(21,22)14(26,27)29-6-8-3-1-7(5-28)2-4-8/h1-4H,6H2. The first-order chi connectivity index (χ1) is 12.8. The molecule has 0 atom stereocenters. The van der Waals surface area contributed by atoms with E-state index in [1.165, 1.54) is 0 Å². The third-order valence-electron chi connectivity index (χ3n) is 3.41. The van der Waals surface area contributed by atoms with Gasteiger partial charge in [0.2, 0.25) is 0 Å². The van der Waals surface area contributed by atoms with Crippen molar-refractivity contribution < 1.29 is 57.1 Å². The Bertz CT molecular complexity index is 761. The van der Waals surface area contributed by atoms with Crippen molar-refractivity contribution >= 4 is 15.0 Å². The van der Waals surface area contributed by atoms with E-state index in [2.05, 4.69) is 0 Å². The van der Waals surface area contributed by atoms with Gasteiger partial charge in [-0.15, -0.1) is 0 Å². The van der Waals surface area contributed by atoms with Crippen LogP contribution >= 0.6 is 0 Å². The fraction of sp³-hybridized carbons (Fsp3) is 0.500. The first-order valence-corrected chi connectivity index (χ1v) is 8.92. The predicted octanol–water partition coefficient (Wildman–Crippen LogP) is 5.46. The molecule has 0 amide bonds. The van der Waals surface area contributed by atoms with Crippen LogP contribution in [0.3, 0.4) is 0 Å². The Morgan fingerprint density at radius 2 is 1.07 bits per heavy atom. The van der Waals surface area contributed by atoms with E-state index in [0.29, 0.717) is 0 Å². The van der Waals surface area contributed by atoms with Gasteiger partial charge in [0.15, 0.2) is 0 Å². The molecule has 0 radical (unpaired) electrons. The third kappa shape index (κ3) is 4.14. The van der Waals surface area contributed by atoms with Crippen LogP contribution in [-0.2, 0) is 5.32 Å². The van der Waals surface area contributed by atoms with Crippen LogP contribution in [-0.4, -0.2) is 49.6 Å². The van der Waals surface area contributed by atoms with Crippen molar-refractivity contribution in [2.75, 3.05) is 0 Å². The van der Waals surface area contributed by atoms with Crippen molar-refractivity contribution in [1.82, 2.24) is 0 Å². The number of benzene rings is 1. The van der Waals surface area contributed by atoms with Crippen LogP contribution in [0.15, 0.2) is 24.3 Å². The zero-order chi connectivity index (χ0) is 23.1. The molecule has 0 aliphatic carbocycles. The van der Waals surface area contributed by atoms with Crippen LogP contribution in [0.1, 0.15) is 11.1 Å². The first kappa shape index (κ1) is 25.4. The van der Waals surface area contributed by atoms with Crippen LogP contribution in [0.4, 0.5) is 57.1 Å². The molecule has 0 aromatic heterocycles. The van der Waals surface area contributed by atoms with Gasteiger partial charge in [0, 0.05) is 0 Å². The summed E-state index contributed by atoms with van der Waals surface area (Å²) >= 11 is -2.97. The van der Waals surface area contributed by atoms with Crippen molar-refractivity contribution in [2.24, 2.45) is 0 Å². The molecule has 29 heavy (non-hydrogen) atoms. The van der Waals surface area contributed by atoms with Gasteiger partial charge in [-0.2, -0.15) is 0 Å². The van der Waals surface area contributed by atoms with Crippen LogP contribution < -0.4 is 0 Å². The van der Waals surface area contributed by atoms with E-state index in [1.54, 1.807) is 6.07 Å². The second kappa shape index (κ2) is 7.54. The Hall–Kier alpha value is -1.68. The van der Waals surface area contributed by atoms with E-state index >= 15 is 0 Å². The number of hydrogen-bond acceptors (Lipinski definition) is 1. The SMILES string of the molecule is N#Cc1ccc(C[Se]C(F)(F)C(F)(F)C(F)(F)C(F)(F)C(F)(F)C(F)(F)F)cc1. The van der Waals surface area contributed by atoms with Gasteiger partial charge in [0.1, 0.15) is 0 Å². The summed E-state index contributed by atoms with van der Waals surface area (Å²) in [5.74, 6) is -30.6. The molecule has 15 heteroatoms. The molecule has 1 aromatic carbocycles. The van der Waals surface area contributed by atoms with Gasteiger partial charge in [-0.1, -0.05) is 0 Å². The maximum absolute atomic E-state index is 13.6. The average molecular weight is 514 g/mol. The van der Waals surface area contributed by atoms with Gasteiger partial charge < -0.3 is 0 Å². The summed E-state index contributed by atoms with van der Waals surface area (Å²) in [6.07, 6.45) is -7.42. The number of rotatable bonds is 7. The number of hydrogen-bond donors (Lipinski definition) is 0. The molecule has 0 heterocycles. The average Bonchev–Trinajstić information content (AvgIpc) is 2.58.